The van der Waals surface area contributed by atoms with Crippen molar-refractivity contribution in [2.45, 2.75) is 18.6 Å². The number of hydrogen-bond donors (Lipinski definition) is 0. The second kappa shape index (κ2) is 7.23. The lowest BCUT2D eigenvalue weighted by atomic mass is 10.2. The number of alkyl halides is 1. The lowest BCUT2D eigenvalue weighted by Gasteiger charge is -2.19. The first-order valence-corrected chi connectivity index (χ1v) is 7.43. The largest absolute Gasteiger partial charge is 0.452 e. The van der Waals surface area contributed by atoms with Gasteiger partial charge in [-0.25, -0.2) is 14.0 Å². The molecule has 0 radical (unpaired) electrons. The third-order valence-corrected chi connectivity index (χ3v) is 3.56. The molecule has 0 spiro atoms. The highest BCUT2D eigenvalue weighted by Gasteiger charge is 2.43. The lowest BCUT2D eigenvalue weighted by molar-refractivity contribution is -0.0696. The molecule has 3 atom stereocenters. The minimum atomic E-state index is -1.84. The van der Waals surface area contributed by atoms with E-state index >= 15 is 0 Å². The van der Waals surface area contributed by atoms with Gasteiger partial charge in [-0.05, 0) is 24.3 Å². The summed E-state index contributed by atoms with van der Waals surface area (Å²) >= 11 is 0. The molecule has 5 nitrogen and oxygen atoms in total. The Hall–Kier alpha value is -2.73. The summed E-state index contributed by atoms with van der Waals surface area (Å²) in [7, 11) is 0. The van der Waals surface area contributed by atoms with Crippen molar-refractivity contribution in [3.05, 3.63) is 71.8 Å². The van der Waals surface area contributed by atoms with Gasteiger partial charge in [0, 0.05) is 0 Å². The van der Waals surface area contributed by atoms with Gasteiger partial charge in [-0.1, -0.05) is 36.4 Å². The summed E-state index contributed by atoms with van der Waals surface area (Å²) in [6.07, 6.45) is -4.14. The van der Waals surface area contributed by atoms with Gasteiger partial charge in [-0.15, -0.1) is 0 Å². The summed E-state index contributed by atoms with van der Waals surface area (Å²) in [6, 6.07) is 16.5. The Morgan fingerprint density at radius 2 is 1.38 bits per heavy atom. The van der Waals surface area contributed by atoms with Crippen LogP contribution >= 0.6 is 0 Å². The van der Waals surface area contributed by atoms with E-state index in [9.17, 15) is 14.0 Å². The molecule has 0 saturated carbocycles. The van der Waals surface area contributed by atoms with Gasteiger partial charge < -0.3 is 14.2 Å². The third-order valence-electron chi connectivity index (χ3n) is 3.56. The van der Waals surface area contributed by atoms with Gasteiger partial charge >= 0.3 is 11.9 Å². The van der Waals surface area contributed by atoms with E-state index < -0.39 is 30.5 Å². The normalized spacial score (nSPS) is 22.8. The lowest BCUT2D eigenvalue weighted by Crippen LogP contribution is -2.36. The molecule has 1 fully saturated rings. The van der Waals surface area contributed by atoms with Crippen molar-refractivity contribution in [2.75, 3.05) is 6.61 Å². The SMILES string of the molecule is O=C(OC1COC(F)C1OC(=O)c1ccccc1)c1ccccc1. The molecular formula is C18H15FO5. The third kappa shape index (κ3) is 3.60. The maximum Gasteiger partial charge on any atom is 0.338 e. The fourth-order valence-electron chi connectivity index (χ4n) is 2.32. The smallest absolute Gasteiger partial charge is 0.338 e. The minimum absolute atomic E-state index is 0.174. The highest BCUT2D eigenvalue weighted by molar-refractivity contribution is 5.90. The summed E-state index contributed by atoms with van der Waals surface area (Å²) in [4.78, 5) is 24.1. The van der Waals surface area contributed by atoms with Crippen LogP contribution in [0.4, 0.5) is 4.39 Å². The summed E-state index contributed by atoms with van der Waals surface area (Å²) in [5.41, 5.74) is 0.609. The van der Waals surface area contributed by atoms with Crippen LogP contribution in [0.2, 0.25) is 0 Å². The topological polar surface area (TPSA) is 61.8 Å². The van der Waals surface area contributed by atoms with Gasteiger partial charge in [0.25, 0.3) is 0 Å². The van der Waals surface area contributed by atoms with E-state index in [0.717, 1.165) is 0 Å². The molecule has 1 aliphatic rings. The standard InChI is InChI=1S/C18H15FO5/c19-16-15(24-18(21)13-9-5-2-6-10-13)14(11-22-16)23-17(20)12-7-3-1-4-8-12/h1-10,14-16H,11H2. The molecule has 6 heteroatoms. The van der Waals surface area contributed by atoms with Gasteiger partial charge in [-0.3, -0.25) is 0 Å². The van der Waals surface area contributed by atoms with Crippen LogP contribution in [-0.4, -0.2) is 37.1 Å². The maximum atomic E-state index is 13.9. The highest BCUT2D eigenvalue weighted by atomic mass is 19.1. The van der Waals surface area contributed by atoms with Crippen molar-refractivity contribution in [1.29, 1.82) is 0 Å². The fraction of sp³-hybridized carbons (Fsp3) is 0.222. The van der Waals surface area contributed by atoms with Gasteiger partial charge in [0.1, 0.15) is 0 Å². The zero-order chi connectivity index (χ0) is 16.9. The molecule has 1 aliphatic heterocycles. The molecule has 2 aromatic carbocycles. The molecule has 24 heavy (non-hydrogen) atoms. The Labute approximate surface area is 138 Å². The van der Waals surface area contributed by atoms with Crippen molar-refractivity contribution in [3.8, 4) is 0 Å². The van der Waals surface area contributed by atoms with Crippen LogP contribution in [0, 0.1) is 0 Å². The summed E-state index contributed by atoms with van der Waals surface area (Å²) in [5, 5.41) is 0. The Morgan fingerprint density at radius 1 is 0.875 bits per heavy atom. The van der Waals surface area contributed by atoms with Crippen molar-refractivity contribution in [1.82, 2.24) is 0 Å². The molecule has 0 aliphatic carbocycles. The Morgan fingerprint density at radius 3 is 1.92 bits per heavy atom. The van der Waals surface area contributed by atoms with Crippen LogP contribution in [0.25, 0.3) is 0 Å². The average Bonchev–Trinajstić information content (AvgIpc) is 2.96. The van der Waals surface area contributed by atoms with Gasteiger partial charge in [-0.2, -0.15) is 0 Å². The second-order valence-electron chi connectivity index (χ2n) is 5.23. The number of esters is 2. The highest BCUT2D eigenvalue weighted by Crippen LogP contribution is 2.24. The van der Waals surface area contributed by atoms with Crippen LogP contribution in [0.3, 0.4) is 0 Å². The number of rotatable bonds is 4. The van der Waals surface area contributed by atoms with Crippen molar-refractivity contribution < 1.29 is 28.2 Å². The molecule has 124 valence electrons. The van der Waals surface area contributed by atoms with E-state index in [4.69, 9.17) is 14.2 Å². The van der Waals surface area contributed by atoms with Crippen molar-refractivity contribution in [2.24, 2.45) is 0 Å². The van der Waals surface area contributed by atoms with Gasteiger partial charge in [0.05, 0.1) is 17.7 Å². The zero-order valence-corrected chi connectivity index (χ0v) is 12.6. The maximum absolute atomic E-state index is 13.9. The summed E-state index contributed by atoms with van der Waals surface area (Å²) in [5.74, 6) is -1.33. The number of halogens is 1. The van der Waals surface area contributed by atoms with Gasteiger partial charge in [0.15, 0.2) is 12.2 Å². The molecule has 2 aromatic rings. The number of hydrogen-bond acceptors (Lipinski definition) is 5. The van der Waals surface area contributed by atoms with E-state index in [-0.39, 0.29) is 12.2 Å². The summed E-state index contributed by atoms with van der Waals surface area (Å²) < 4.78 is 29.1. The summed E-state index contributed by atoms with van der Waals surface area (Å²) in [6.45, 7) is -0.174. The van der Waals surface area contributed by atoms with Crippen LogP contribution in [0.5, 0.6) is 0 Å². The fourth-order valence-corrected chi connectivity index (χ4v) is 2.32. The number of ether oxygens (including phenoxy) is 3. The predicted octanol–water partition coefficient (Wildman–Crippen LogP) is 2.76. The minimum Gasteiger partial charge on any atom is -0.452 e. The average molecular weight is 330 g/mol. The molecule has 0 amide bonds. The Balaban J connectivity index is 1.67. The van der Waals surface area contributed by atoms with Crippen LogP contribution in [0.1, 0.15) is 20.7 Å². The molecular weight excluding hydrogens is 315 g/mol. The molecule has 1 heterocycles. The molecule has 3 unspecified atom stereocenters. The van der Waals surface area contributed by atoms with Crippen molar-refractivity contribution in [3.63, 3.8) is 0 Å². The molecule has 0 aromatic heterocycles. The monoisotopic (exact) mass is 330 g/mol. The molecule has 1 saturated heterocycles. The van der Waals surface area contributed by atoms with E-state index in [2.05, 4.69) is 0 Å². The first kappa shape index (κ1) is 16.1. The Bertz CT molecular complexity index is 704. The second-order valence-corrected chi connectivity index (χ2v) is 5.23. The van der Waals surface area contributed by atoms with E-state index in [0.29, 0.717) is 5.56 Å². The van der Waals surface area contributed by atoms with Crippen LogP contribution in [-0.2, 0) is 14.2 Å². The van der Waals surface area contributed by atoms with Gasteiger partial charge in [0.2, 0.25) is 6.36 Å². The molecule has 0 N–H and O–H groups in total. The number of carbonyl (C=O) groups is 2. The quantitative estimate of drug-likeness (QED) is 0.807. The van der Waals surface area contributed by atoms with E-state index in [1.807, 2.05) is 0 Å². The zero-order valence-electron chi connectivity index (χ0n) is 12.6. The first-order valence-electron chi connectivity index (χ1n) is 7.43. The van der Waals surface area contributed by atoms with Crippen molar-refractivity contribution >= 4 is 11.9 Å². The molecule has 3 rings (SSSR count). The van der Waals surface area contributed by atoms with E-state index in [1.54, 1.807) is 60.7 Å². The first-order chi connectivity index (χ1) is 11.6. The van der Waals surface area contributed by atoms with E-state index in [1.165, 1.54) is 0 Å². The van der Waals surface area contributed by atoms with Crippen LogP contribution < -0.4 is 0 Å². The predicted molar refractivity (Wildman–Crippen MR) is 82.1 cm³/mol. The number of benzene rings is 2. The number of carbonyl (C=O) groups excluding carboxylic acids is 2. The van der Waals surface area contributed by atoms with Crippen LogP contribution in [0.15, 0.2) is 60.7 Å². The molecule has 0 bridgehead atoms. The Kier molecular flexibility index (Phi) is 4.86.